The van der Waals surface area contributed by atoms with E-state index in [9.17, 15) is 4.79 Å². The lowest BCUT2D eigenvalue weighted by atomic mass is 10.1. The van der Waals surface area contributed by atoms with Gasteiger partial charge in [-0.1, -0.05) is 42.6 Å². The van der Waals surface area contributed by atoms with Gasteiger partial charge in [-0.25, -0.2) is 5.48 Å². The van der Waals surface area contributed by atoms with E-state index in [-0.39, 0.29) is 12.0 Å². The minimum absolute atomic E-state index is 0.0816. The Balaban J connectivity index is 1.69. The molecular weight excluding hydrogens is 250 g/mol. The molecule has 1 aliphatic carbocycles. The molecule has 18 heavy (non-hydrogen) atoms. The standard InChI is InChI=1S/C14H18ClNO2/c15-13-8-4-1-5-11(13)9-10-14(17)16-18-12-6-2-3-7-12/h1,4-5,8,12H,2-3,6-7,9-10H2,(H,16,17). The minimum Gasteiger partial charge on any atom is -0.273 e. The third kappa shape index (κ3) is 4.00. The van der Waals surface area contributed by atoms with E-state index in [4.69, 9.17) is 16.4 Å². The highest BCUT2D eigenvalue weighted by Gasteiger charge is 2.16. The van der Waals surface area contributed by atoms with Crippen LogP contribution in [0.25, 0.3) is 0 Å². The Bertz CT molecular complexity index is 403. The summed E-state index contributed by atoms with van der Waals surface area (Å²) < 4.78 is 0. The van der Waals surface area contributed by atoms with Crippen molar-refractivity contribution in [3.8, 4) is 0 Å². The topological polar surface area (TPSA) is 38.3 Å². The van der Waals surface area contributed by atoms with Gasteiger partial charge in [-0.05, 0) is 30.9 Å². The van der Waals surface area contributed by atoms with Crippen molar-refractivity contribution in [1.82, 2.24) is 5.48 Å². The van der Waals surface area contributed by atoms with E-state index < -0.39 is 0 Å². The van der Waals surface area contributed by atoms with Gasteiger partial charge in [0.05, 0.1) is 6.10 Å². The first-order chi connectivity index (χ1) is 8.75. The maximum atomic E-state index is 11.6. The molecule has 0 radical (unpaired) electrons. The number of hydroxylamine groups is 1. The molecule has 1 aromatic carbocycles. The molecule has 1 amide bonds. The maximum Gasteiger partial charge on any atom is 0.243 e. The number of halogens is 1. The van der Waals surface area contributed by atoms with Crippen molar-refractivity contribution >= 4 is 17.5 Å². The first kappa shape index (κ1) is 13.4. The van der Waals surface area contributed by atoms with E-state index >= 15 is 0 Å². The van der Waals surface area contributed by atoms with Crippen LogP contribution in [0.5, 0.6) is 0 Å². The molecule has 0 bridgehead atoms. The van der Waals surface area contributed by atoms with Gasteiger partial charge in [0.15, 0.2) is 0 Å². The second-order valence-corrected chi connectivity index (χ2v) is 5.05. The number of carbonyl (C=O) groups is 1. The van der Waals surface area contributed by atoms with Crippen molar-refractivity contribution in [2.45, 2.75) is 44.6 Å². The average Bonchev–Trinajstić information content (AvgIpc) is 2.88. The Hall–Kier alpha value is -1.06. The molecule has 0 atom stereocenters. The molecule has 1 saturated carbocycles. The molecule has 1 aliphatic rings. The third-order valence-electron chi connectivity index (χ3n) is 3.22. The van der Waals surface area contributed by atoms with E-state index in [0.717, 1.165) is 18.4 Å². The molecule has 1 aromatic rings. The van der Waals surface area contributed by atoms with Gasteiger partial charge in [0.1, 0.15) is 0 Å². The summed E-state index contributed by atoms with van der Waals surface area (Å²) in [6.07, 6.45) is 5.72. The lowest BCUT2D eigenvalue weighted by Gasteiger charge is -2.11. The Morgan fingerprint density at radius 3 is 2.78 bits per heavy atom. The van der Waals surface area contributed by atoms with Gasteiger partial charge in [-0.2, -0.15) is 0 Å². The second-order valence-electron chi connectivity index (χ2n) is 4.64. The summed E-state index contributed by atoms with van der Waals surface area (Å²) in [5.74, 6) is -0.0816. The zero-order chi connectivity index (χ0) is 12.8. The lowest BCUT2D eigenvalue weighted by molar-refractivity contribution is -0.138. The molecule has 0 spiro atoms. The summed E-state index contributed by atoms with van der Waals surface area (Å²) in [6, 6.07) is 7.58. The van der Waals surface area contributed by atoms with Gasteiger partial charge in [-0.15, -0.1) is 0 Å². The predicted octanol–water partition coefficient (Wildman–Crippen LogP) is 3.26. The highest BCUT2D eigenvalue weighted by atomic mass is 35.5. The van der Waals surface area contributed by atoms with Crippen molar-refractivity contribution < 1.29 is 9.63 Å². The molecule has 0 aliphatic heterocycles. The largest absolute Gasteiger partial charge is 0.273 e. The van der Waals surface area contributed by atoms with Crippen LogP contribution in [0.4, 0.5) is 0 Å². The van der Waals surface area contributed by atoms with Crippen LogP contribution in [-0.4, -0.2) is 12.0 Å². The van der Waals surface area contributed by atoms with Crippen LogP contribution >= 0.6 is 11.6 Å². The summed E-state index contributed by atoms with van der Waals surface area (Å²) in [6.45, 7) is 0. The Labute approximate surface area is 112 Å². The Morgan fingerprint density at radius 2 is 2.06 bits per heavy atom. The molecule has 1 N–H and O–H groups in total. The van der Waals surface area contributed by atoms with E-state index in [1.807, 2.05) is 24.3 Å². The maximum absolute atomic E-state index is 11.6. The molecule has 0 saturated heterocycles. The van der Waals surface area contributed by atoms with Crippen LogP contribution in [0, 0.1) is 0 Å². The smallest absolute Gasteiger partial charge is 0.243 e. The Kier molecular flexibility index (Phi) is 5.02. The zero-order valence-electron chi connectivity index (χ0n) is 10.3. The fourth-order valence-corrected chi connectivity index (χ4v) is 2.39. The van der Waals surface area contributed by atoms with E-state index in [0.29, 0.717) is 17.9 Å². The molecule has 4 heteroatoms. The summed E-state index contributed by atoms with van der Waals surface area (Å²) in [5, 5.41) is 0.710. The third-order valence-corrected chi connectivity index (χ3v) is 3.59. The van der Waals surface area contributed by atoms with Crippen molar-refractivity contribution in [2.24, 2.45) is 0 Å². The fourth-order valence-electron chi connectivity index (χ4n) is 2.16. The molecule has 0 unspecified atom stereocenters. The summed E-state index contributed by atoms with van der Waals surface area (Å²) in [4.78, 5) is 17.0. The molecule has 2 rings (SSSR count). The second kappa shape index (κ2) is 6.76. The molecule has 0 aromatic heterocycles. The van der Waals surface area contributed by atoms with Crippen molar-refractivity contribution in [3.05, 3.63) is 34.9 Å². The van der Waals surface area contributed by atoms with Gasteiger partial charge in [-0.3, -0.25) is 9.63 Å². The molecule has 98 valence electrons. The number of benzene rings is 1. The van der Waals surface area contributed by atoms with E-state index in [1.54, 1.807) is 0 Å². The molecule has 1 fully saturated rings. The summed E-state index contributed by atoms with van der Waals surface area (Å²) in [5.41, 5.74) is 3.53. The van der Waals surface area contributed by atoms with Crippen LogP contribution < -0.4 is 5.48 Å². The van der Waals surface area contributed by atoms with Crippen molar-refractivity contribution in [2.75, 3.05) is 0 Å². The van der Waals surface area contributed by atoms with Crippen molar-refractivity contribution in [3.63, 3.8) is 0 Å². The van der Waals surface area contributed by atoms with Crippen molar-refractivity contribution in [1.29, 1.82) is 0 Å². The first-order valence-corrected chi connectivity index (χ1v) is 6.81. The van der Waals surface area contributed by atoms with Crippen LogP contribution in [0.3, 0.4) is 0 Å². The van der Waals surface area contributed by atoms with Crippen LogP contribution in [0.1, 0.15) is 37.7 Å². The van der Waals surface area contributed by atoms with Crippen LogP contribution in [0.15, 0.2) is 24.3 Å². The number of rotatable bonds is 5. The van der Waals surface area contributed by atoms with E-state index in [1.165, 1.54) is 12.8 Å². The summed E-state index contributed by atoms with van der Waals surface area (Å²) >= 11 is 6.03. The number of hydrogen-bond acceptors (Lipinski definition) is 2. The predicted molar refractivity (Wildman–Crippen MR) is 71.3 cm³/mol. The van der Waals surface area contributed by atoms with Crippen LogP contribution in [0.2, 0.25) is 5.02 Å². The number of amides is 1. The normalized spacial score (nSPS) is 15.8. The van der Waals surface area contributed by atoms with Gasteiger partial charge in [0.25, 0.3) is 0 Å². The zero-order valence-corrected chi connectivity index (χ0v) is 11.1. The van der Waals surface area contributed by atoms with Gasteiger partial charge < -0.3 is 0 Å². The first-order valence-electron chi connectivity index (χ1n) is 6.43. The lowest BCUT2D eigenvalue weighted by Crippen LogP contribution is -2.28. The number of nitrogens with one attached hydrogen (secondary N) is 1. The minimum atomic E-state index is -0.0816. The number of hydrogen-bond donors (Lipinski definition) is 1. The summed E-state index contributed by atoms with van der Waals surface area (Å²) in [7, 11) is 0. The quantitative estimate of drug-likeness (QED) is 0.832. The Morgan fingerprint density at radius 1 is 1.33 bits per heavy atom. The average molecular weight is 268 g/mol. The SMILES string of the molecule is O=C(CCc1ccccc1Cl)NOC1CCCC1. The van der Waals surface area contributed by atoms with E-state index in [2.05, 4.69) is 5.48 Å². The van der Waals surface area contributed by atoms with Crippen LogP contribution in [-0.2, 0) is 16.1 Å². The van der Waals surface area contributed by atoms with Gasteiger partial charge in [0, 0.05) is 11.4 Å². The molecular formula is C14H18ClNO2. The van der Waals surface area contributed by atoms with Gasteiger partial charge >= 0.3 is 0 Å². The number of carbonyl (C=O) groups excluding carboxylic acids is 1. The number of aryl methyl sites for hydroxylation is 1. The molecule has 0 heterocycles. The highest BCUT2D eigenvalue weighted by molar-refractivity contribution is 6.31. The monoisotopic (exact) mass is 267 g/mol. The van der Waals surface area contributed by atoms with Gasteiger partial charge in [0.2, 0.25) is 5.91 Å². The molecule has 3 nitrogen and oxygen atoms in total. The highest BCUT2D eigenvalue weighted by Crippen LogP contribution is 2.20. The fraction of sp³-hybridized carbons (Fsp3) is 0.500.